The molecular formula is C36H38O8. The van der Waals surface area contributed by atoms with Crippen LogP contribution in [0.5, 0.6) is 0 Å². The fraction of sp³-hybridized carbons (Fsp3) is 0.306. The van der Waals surface area contributed by atoms with Crippen LogP contribution in [-0.2, 0) is 59.6 Å². The van der Waals surface area contributed by atoms with Crippen LogP contribution in [-0.4, -0.2) is 55.0 Å². The van der Waals surface area contributed by atoms with E-state index in [0.717, 1.165) is 22.3 Å². The number of carboxylic acids is 1. The van der Waals surface area contributed by atoms with Crippen molar-refractivity contribution in [2.24, 2.45) is 0 Å². The zero-order chi connectivity index (χ0) is 30.4. The van der Waals surface area contributed by atoms with Crippen LogP contribution in [0.2, 0.25) is 0 Å². The summed E-state index contributed by atoms with van der Waals surface area (Å²) in [4.78, 5) is 11.6. The van der Waals surface area contributed by atoms with Gasteiger partial charge in [-0.05, 0) is 22.3 Å². The molecular weight excluding hydrogens is 560 g/mol. The molecule has 8 heteroatoms. The van der Waals surface area contributed by atoms with Crippen LogP contribution in [0.1, 0.15) is 22.3 Å². The second-order valence-corrected chi connectivity index (χ2v) is 10.5. The third kappa shape index (κ3) is 9.56. The molecule has 0 spiro atoms. The highest BCUT2D eigenvalue weighted by molar-refractivity contribution is 5.68. The van der Waals surface area contributed by atoms with Crippen molar-refractivity contribution in [1.29, 1.82) is 0 Å². The zero-order valence-electron chi connectivity index (χ0n) is 24.5. The van der Waals surface area contributed by atoms with Crippen molar-refractivity contribution < 1.29 is 38.3 Å². The first-order valence-corrected chi connectivity index (χ1v) is 14.7. The molecule has 1 fully saturated rings. The molecule has 1 heterocycles. The lowest BCUT2D eigenvalue weighted by atomic mass is 9.97. The average Bonchev–Trinajstić information content (AvgIpc) is 3.07. The van der Waals surface area contributed by atoms with Gasteiger partial charge >= 0.3 is 5.97 Å². The average molecular weight is 599 g/mol. The Hall–Kier alpha value is -3.89. The number of aliphatic carboxylic acids is 1. The van der Waals surface area contributed by atoms with Gasteiger partial charge in [-0.25, -0.2) is 4.79 Å². The van der Waals surface area contributed by atoms with Crippen molar-refractivity contribution >= 4 is 5.97 Å². The topological polar surface area (TPSA) is 92.7 Å². The Balaban J connectivity index is 1.42. The first-order valence-electron chi connectivity index (χ1n) is 14.7. The molecule has 8 nitrogen and oxygen atoms in total. The summed E-state index contributed by atoms with van der Waals surface area (Å²) < 4.78 is 37.9. The molecule has 0 aliphatic carbocycles. The Morgan fingerprint density at radius 1 is 0.545 bits per heavy atom. The van der Waals surface area contributed by atoms with E-state index in [1.54, 1.807) is 0 Å². The van der Waals surface area contributed by atoms with Crippen molar-refractivity contribution in [3.05, 3.63) is 144 Å². The normalized spacial score (nSPS) is 21.6. The predicted molar refractivity (Wildman–Crippen MR) is 163 cm³/mol. The molecule has 4 aromatic carbocycles. The first kappa shape index (κ1) is 31.5. The van der Waals surface area contributed by atoms with Gasteiger partial charge in [-0.2, -0.15) is 0 Å². The zero-order valence-corrected chi connectivity index (χ0v) is 24.5. The van der Waals surface area contributed by atoms with E-state index >= 15 is 0 Å². The summed E-state index contributed by atoms with van der Waals surface area (Å²) in [5.41, 5.74) is 3.93. The lowest BCUT2D eigenvalue weighted by Crippen LogP contribution is -2.62. The highest BCUT2D eigenvalue weighted by atomic mass is 16.7. The van der Waals surface area contributed by atoms with Gasteiger partial charge in [0.15, 0.2) is 6.29 Å². The van der Waals surface area contributed by atoms with E-state index in [4.69, 9.17) is 28.4 Å². The molecule has 0 aromatic heterocycles. The smallest absolute Gasteiger partial charge is 0.329 e. The fourth-order valence-electron chi connectivity index (χ4n) is 5.03. The van der Waals surface area contributed by atoms with Crippen molar-refractivity contribution in [2.75, 3.05) is 13.2 Å². The van der Waals surface area contributed by atoms with E-state index in [1.807, 2.05) is 121 Å². The third-order valence-electron chi connectivity index (χ3n) is 7.21. The molecule has 0 bridgehead atoms. The minimum Gasteiger partial charge on any atom is -0.480 e. The summed E-state index contributed by atoms with van der Waals surface area (Å²) in [5, 5.41) is 9.45. The maximum Gasteiger partial charge on any atom is 0.329 e. The number of rotatable bonds is 16. The van der Waals surface area contributed by atoms with Gasteiger partial charge in [0.05, 0.1) is 33.0 Å². The number of ether oxygens (including phenoxy) is 6. The molecule has 44 heavy (non-hydrogen) atoms. The summed E-state index contributed by atoms with van der Waals surface area (Å²) in [7, 11) is 0. The van der Waals surface area contributed by atoms with Gasteiger partial charge in [0, 0.05) is 0 Å². The molecule has 0 amide bonds. The number of benzene rings is 4. The highest BCUT2D eigenvalue weighted by Gasteiger charge is 2.49. The Labute approximate surface area is 258 Å². The maximum atomic E-state index is 11.6. The van der Waals surface area contributed by atoms with Crippen molar-refractivity contribution in [2.45, 2.75) is 57.1 Å². The van der Waals surface area contributed by atoms with E-state index in [0.29, 0.717) is 13.2 Å². The predicted octanol–water partition coefficient (Wildman–Crippen LogP) is 5.79. The third-order valence-corrected chi connectivity index (χ3v) is 7.21. The van der Waals surface area contributed by atoms with E-state index in [-0.39, 0.29) is 19.8 Å². The quantitative estimate of drug-likeness (QED) is 0.173. The van der Waals surface area contributed by atoms with E-state index in [9.17, 15) is 9.90 Å². The number of hydrogen-bond acceptors (Lipinski definition) is 7. The molecule has 1 aliphatic heterocycles. The SMILES string of the molecule is O=C(O)CO[C@@H]1O[C@H](COCc2ccccc2)[C@@H](OCc2ccccc2)[C@H](OCc2ccccc2)[C@H]1OCc1ccccc1. The molecule has 1 N–H and O–H groups in total. The molecule has 4 aromatic rings. The number of carbonyl (C=O) groups is 1. The summed E-state index contributed by atoms with van der Waals surface area (Å²) in [5.74, 6) is -1.11. The standard InChI is InChI=1S/C36H38O8/c37-32(38)26-43-36-35(42-24-30-19-11-4-12-20-30)34(41-23-29-17-9-3-10-18-29)33(40-22-28-15-7-2-8-16-28)31(44-36)25-39-21-27-13-5-1-6-14-27/h1-20,31,33-36H,21-26H2,(H,37,38)/t31-,33-,34+,35-,36-/m1/s1. The number of carboxylic acid groups (broad SMARTS) is 1. The molecule has 0 radical (unpaired) electrons. The largest absolute Gasteiger partial charge is 0.480 e. The van der Waals surface area contributed by atoms with E-state index < -0.39 is 43.3 Å². The van der Waals surface area contributed by atoms with Crippen LogP contribution in [0, 0.1) is 0 Å². The van der Waals surface area contributed by atoms with Gasteiger partial charge in [-0.15, -0.1) is 0 Å². The maximum absolute atomic E-state index is 11.6. The highest BCUT2D eigenvalue weighted by Crippen LogP contribution is 2.31. The van der Waals surface area contributed by atoms with E-state index in [1.165, 1.54) is 0 Å². The molecule has 5 atom stereocenters. The Bertz CT molecular complexity index is 1370. The van der Waals surface area contributed by atoms with Gasteiger partial charge in [-0.1, -0.05) is 121 Å². The van der Waals surface area contributed by atoms with Crippen LogP contribution in [0.4, 0.5) is 0 Å². The van der Waals surface area contributed by atoms with E-state index in [2.05, 4.69) is 0 Å². The summed E-state index contributed by atoms with van der Waals surface area (Å²) in [6.45, 7) is 0.808. The van der Waals surface area contributed by atoms with Crippen LogP contribution in [0.3, 0.4) is 0 Å². The van der Waals surface area contributed by atoms with Gasteiger partial charge in [0.2, 0.25) is 0 Å². The molecule has 0 saturated carbocycles. The second-order valence-electron chi connectivity index (χ2n) is 10.5. The van der Waals surface area contributed by atoms with Crippen LogP contribution in [0.15, 0.2) is 121 Å². The van der Waals surface area contributed by atoms with Gasteiger partial charge < -0.3 is 33.5 Å². The molecule has 1 saturated heterocycles. The van der Waals surface area contributed by atoms with Crippen molar-refractivity contribution in [1.82, 2.24) is 0 Å². The Kier molecular flexibility index (Phi) is 12.1. The summed E-state index contributed by atoms with van der Waals surface area (Å²) >= 11 is 0. The van der Waals surface area contributed by atoms with Gasteiger partial charge in [0.25, 0.3) is 0 Å². The van der Waals surface area contributed by atoms with Crippen LogP contribution >= 0.6 is 0 Å². The monoisotopic (exact) mass is 598 g/mol. The Morgan fingerprint density at radius 3 is 1.41 bits per heavy atom. The fourth-order valence-corrected chi connectivity index (χ4v) is 5.03. The second kappa shape index (κ2) is 16.8. The Morgan fingerprint density at radius 2 is 0.955 bits per heavy atom. The van der Waals surface area contributed by atoms with Crippen molar-refractivity contribution in [3.8, 4) is 0 Å². The van der Waals surface area contributed by atoms with Gasteiger partial charge in [-0.3, -0.25) is 0 Å². The summed E-state index contributed by atoms with van der Waals surface area (Å²) in [6.07, 6.45) is -3.79. The minimum absolute atomic E-state index is 0.165. The minimum atomic E-state index is -1.11. The lowest BCUT2D eigenvalue weighted by molar-refractivity contribution is -0.327. The number of hydrogen-bond donors (Lipinski definition) is 1. The van der Waals surface area contributed by atoms with Crippen LogP contribution < -0.4 is 0 Å². The lowest BCUT2D eigenvalue weighted by Gasteiger charge is -2.45. The molecule has 1 aliphatic rings. The summed E-state index contributed by atoms with van der Waals surface area (Å²) in [6, 6.07) is 39.3. The van der Waals surface area contributed by atoms with Crippen molar-refractivity contribution in [3.63, 3.8) is 0 Å². The molecule has 0 unspecified atom stereocenters. The molecule has 5 rings (SSSR count). The first-order chi connectivity index (χ1) is 21.7. The van der Waals surface area contributed by atoms with Crippen LogP contribution in [0.25, 0.3) is 0 Å². The van der Waals surface area contributed by atoms with Gasteiger partial charge in [0.1, 0.15) is 31.0 Å². The molecule has 230 valence electrons.